The quantitative estimate of drug-likeness (QED) is 0.835. The van der Waals surface area contributed by atoms with Crippen molar-refractivity contribution in [1.82, 2.24) is 4.72 Å². The van der Waals surface area contributed by atoms with Crippen LogP contribution in [-0.2, 0) is 10.0 Å². The second-order valence-corrected chi connectivity index (χ2v) is 7.41. The standard InChI is InChI=1S/C12H16BrNO5S/c1-7(8-4-2-3-5-8)14-20(17,18)10-6-9(12(15)16)19-11(10)13/h6-8,14H,2-5H2,1H3,(H,15,16)/t7-/m1/s1. The molecule has 0 radical (unpaired) electrons. The van der Waals surface area contributed by atoms with E-state index in [2.05, 4.69) is 20.7 Å². The summed E-state index contributed by atoms with van der Waals surface area (Å²) in [6, 6.07) is 0.827. The molecule has 20 heavy (non-hydrogen) atoms. The molecule has 1 aliphatic rings. The summed E-state index contributed by atoms with van der Waals surface area (Å²) >= 11 is 2.95. The molecule has 0 aliphatic heterocycles. The number of aromatic carboxylic acids is 1. The van der Waals surface area contributed by atoms with Gasteiger partial charge in [0, 0.05) is 12.1 Å². The molecule has 0 saturated heterocycles. The van der Waals surface area contributed by atoms with Crippen LogP contribution in [-0.4, -0.2) is 25.5 Å². The average Bonchev–Trinajstić information content (AvgIpc) is 2.96. The Morgan fingerprint density at radius 2 is 2.10 bits per heavy atom. The van der Waals surface area contributed by atoms with Crippen LogP contribution in [0.5, 0.6) is 0 Å². The number of carboxylic acids is 1. The van der Waals surface area contributed by atoms with Gasteiger partial charge in [-0.25, -0.2) is 17.9 Å². The molecule has 1 aromatic heterocycles. The molecule has 1 fully saturated rings. The molecule has 0 bridgehead atoms. The molecule has 0 unspecified atom stereocenters. The first-order valence-electron chi connectivity index (χ1n) is 6.36. The Labute approximate surface area is 125 Å². The van der Waals surface area contributed by atoms with Crippen LogP contribution in [0.3, 0.4) is 0 Å². The van der Waals surface area contributed by atoms with Gasteiger partial charge in [-0.3, -0.25) is 0 Å². The van der Waals surface area contributed by atoms with Crippen LogP contribution >= 0.6 is 15.9 Å². The number of furan rings is 1. The normalized spacial score (nSPS) is 18.3. The molecule has 1 aliphatic carbocycles. The third kappa shape index (κ3) is 3.24. The zero-order valence-corrected chi connectivity index (χ0v) is 13.3. The molecule has 2 rings (SSSR count). The van der Waals surface area contributed by atoms with Crippen molar-refractivity contribution in [3.05, 3.63) is 16.5 Å². The monoisotopic (exact) mass is 365 g/mol. The van der Waals surface area contributed by atoms with Crippen molar-refractivity contribution in [2.45, 2.75) is 43.5 Å². The Hall–Kier alpha value is -0.860. The molecule has 0 amide bonds. The van der Waals surface area contributed by atoms with Crippen LogP contribution in [0.25, 0.3) is 0 Å². The van der Waals surface area contributed by atoms with Gasteiger partial charge >= 0.3 is 5.97 Å². The fourth-order valence-corrected chi connectivity index (χ4v) is 4.75. The molecule has 2 N–H and O–H groups in total. The van der Waals surface area contributed by atoms with E-state index in [9.17, 15) is 13.2 Å². The van der Waals surface area contributed by atoms with Crippen LogP contribution in [0.2, 0.25) is 0 Å². The molecular formula is C12H16BrNO5S. The second-order valence-electron chi connectivity index (χ2n) is 5.01. The number of nitrogens with one attached hydrogen (secondary N) is 1. The van der Waals surface area contributed by atoms with E-state index in [1.807, 2.05) is 6.92 Å². The molecular weight excluding hydrogens is 350 g/mol. The molecule has 1 aromatic rings. The van der Waals surface area contributed by atoms with E-state index in [4.69, 9.17) is 9.52 Å². The van der Waals surface area contributed by atoms with Gasteiger partial charge < -0.3 is 9.52 Å². The van der Waals surface area contributed by atoms with Crippen molar-refractivity contribution in [1.29, 1.82) is 0 Å². The molecule has 8 heteroatoms. The number of hydrogen-bond donors (Lipinski definition) is 2. The predicted octanol–water partition coefficient (Wildman–Crippen LogP) is 2.60. The minimum Gasteiger partial charge on any atom is -0.475 e. The van der Waals surface area contributed by atoms with Gasteiger partial charge in [0.1, 0.15) is 4.90 Å². The lowest BCUT2D eigenvalue weighted by atomic mass is 10.0. The maximum Gasteiger partial charge on any atom is 0.371 e. The van der Waals surface area contributed by atoms with Gasteiger partial charge in [-0.2, -0.15) is 0 Å². The van der Waals surface area contributed by atoms with Crippen molar-refractivity contribution in [2.24, 2.45) is 5.92 Å². The minimum atomic E-state index is -3.79. The number of rotatable bonds is 5. The van der Waals surface area contributed by atoms with E-state index in [0.29, 0.717) is 5.92 Å². The SMILES string of the molecule is C[C@@H](NS(=O)(=O)c1cc(C(=O)O)oc1Br)C1CCCC1. The van der Waals surface area contributed by atoms with Gasteiger partial charge in [0.25, 0.3) is 0 Å². The van der Waals surface area contributed by atoms with Crippen molar-refractivity contribution in [3.8, 4) is 0 Å². The van der Waals surface area contributed by atoms with Crippen LogP contribution < -0.4 is 4.72 Å². The van der Waals surface area contributed by atoms with Gasteiger partial charge in [-0.1, -0.05) is 12.8 Å². The van der Waals surface area contributed by atoms with Crippen LogP contribution in [0, 0.1) is 5.92 Å². The molecule has 1 saturated carbocycles. The van der Waals surface area contributed by atoms with Crippen LogP contribution in [0.1, 0.15) is 43.2 Å². The smallest absolute Gasteiger partial charge is 0.371 e. The topological polar surface area (TPSA) is 96.6 Å². The molecule has 0 aromatic carbocycles. The first-order valence-corrected chi connectivity index (χ1v) is 8.64. The zero-order valence-electron chi connectivity index (χ0n) is 10.9. The van der Waals surface area contributed by atoms with E-state index in [1.54, 1.807) is 0 Å². The molecule has 0 spiro atoms. The summed E-state index contributed by atoms with van der Waals surface area (Å²) in [5.74, 6) is -1.39. The van der Waals surface area contributed by atoms with Gasteiger partial charge in [0.2, 0.25) is 15.8 Å². The Morgan fingerprint density at radius 1 is 1.50 bits per heavy atom. The number of carbonyl (C=O) groups is 1. The van der Waals surface area contributed by atoms with E-state index in [1.165, 1.54) is 0 Å². The molecule has 6 nitrogen and oxygen atoms in total. The lowest BCUT2D eigenvalue weighted by Crippen LogP contribution is -2.37. The summed E-state index contributed by atoms with van der Waals surface area (Å²) in [5.41, 5.74) is 0. The third-order valence-electron chi connectivity index (χ3n) is 3.60. The van der Waals surface area contributed by atoms with Crippen molar-refractivity contribution in [2.75, 3.05) is 0 Å². The Morgan fingerprint density at radius 3 is 2.60 bits per heavy atom. The minimum absolute atomic E-state index is 0.0963. The Kier molecular flexibility index (Phi) is 4.55. The highest BCUT2D eigenvalue weighted by Gasteiger charge is 2.29. The van der Waals surface area contributed by atoms with E-state index < -0.39 is 21.8 Å². The largest absolute Gasteiger partial charge is 0.475 e. The average molecular weight is 366 g/mol. The summed E-state index contributed by atoms with van der Waals surface area (Å²) in [7, 11) is -3.79. The van der Waals surface area contributed by atoms with Gasteiger partial charge in [-0.15, -0.1) is 0 Å². The fraction of sp³-hybridized carbons (Fsp3) is 0.583. The van der Waals surface area contributed by atoms with Gasteiger partial charge in [-0.05, 0) is 41.6 Å². The highest BCUT2D eigenvalue weighted by Crippen LogP contribution is 2.30. The summed E-state index contributed by atoms with van der Waals surface area (Å²) in [4.78, 5) is 10.6. The zero-order chi connectivity index (χ0) is 14.9. The van der Waals surface area contributed by atoms with Gasteiger partial charge in [0.15, 0.2) is 4.67 Å². The Bertz CT molecular complexity index is 603. The lowest BCUT2D eigenvalue weighted by Gasteiger charge is -2.19. The molecule has 112 valence electrons. The maximum atomic E-state index is 12.3. The summed E-state index contributed by atoms with van der Waals surface area (Å²) in [5, 5.41) is 8.81. The van der Waals surface area contributed by atoms with Crippen LogP contribution in [0.15, 0.2) is 20.0 Å². The number of halogens is 1. The van der Waals surface area contributed by atoms with E-state index in [0.717, 1.165) is 31.7 Å². The van der Waals surface area contributed by atoms with E-state index in [-0.39, 0.29) is 15.6 Å². The fourth-order valence-electron chi connectivity index (χ4n) is 2.50. The molecule has 1 heterocycles. The maximum absolute atomic E-state index is 12.3. The highest BCUT2D eigenvalue weighted by molar-refractivity contribution is 9.10. The Balaban J connectivity index is 2.19. The first kappa shape index (κ1) is 15.5. The summed E-state index contributed by atoms with van der Waals surface area (Å²) in [6.07, 6.45) is 4.26. The predicted molar refractivity (Wildman–Crippen MR) is 75.1 cm³/mol. The second kappa shape index (κ2) is 5.87. The number of hydrogen-bond acceptors (Lipinski definition) is 4. The van der Waals surface area contributed by atoms with Crippen molar-refractivity contribution < 1.29 is 22.7 Å². The summed E-state index contributed by atoms with van der Waals surface area (Å²) in [6.45, 7) is 1.83. The van der Waals surface area contributed by atoms with Crippen LogP contribution in [0.4, 0.5) is 0 Å². The number of sulfonamides is 1. The highest BCUT2D eigenvalue weighted by atomic mass is 79.9. The molecule has 1 atom stereocenters. The summed E-state index contributed by atoms with van der Waals surface area (Å²) < 4.78 is 31.9. The van der Waals surface area contributed by atoms with Crippen molar-refractivity contribution >= 4 is 31.9 Å². The third-order valence-corrected chi connectivity index (χ3v) is 6.02. The van der Waals surface area contributed by atoms with Crippen molar-refractivity contribution in [3.63, 3.8) is 0 Å². The van der Waals surface area contributed by atoms with Gasteiger partial charge in [0.05, 0.1) is 0 Å². The lowest BCUT2D eigenvalue weighted by molar-refractivity contribution is 0.0661. The number of carboxylic acid groups (broad SMARTS) is 1. The first-order chi connectivity index (χ1) is 9.31. The van der Waals surface area contributed by atoms with E-state index >= 15 is 0 Å².